The standard InChI is InChI=1S/C28H22N6O/c1-18(19-5-3-2-4-6-19)34-26-14-24(32-17-33-26)23-16-31-28-27(23)25(10-12-30-28)35-22-8-7-20-9-11-29-15-21(20)13-22/h2-18H,1H3,(H,30,31)(H,32,33,34)/t18-/m0/s1. The molecule has 0 aliphatic rings. The molecule has 0 unspecified atom stereocenters. The number of hydrogen-bond acceptors (Lipinski definition) is 6. The van der Waals surface area contributed by atoms with Crippen molar-refractivity contribution in [3.63, 3.8) is 0 Å². The number of nitrogens with zero attached hydrogens (tertiary/aromatic N) is 4. The van der Waals surface area contributed by atoms with E-state index in [0.717, 1.165) is 44.6 Å². The number of fused-ring (bicyclic) bond motifs is 2. The van der Waals surface area contributed by atoms with Gasteiger partial charge in [-0.1, -0.05) is 36.4 Å². The number of benzene rings is 2. The van der Waals surface area contributed by atoms with Gasteiger partial charge in [0.1, 0.15) is 29.3 Å². The quantitative estimate of drug-likeness (QED) is 0.295. The van der Waals surface area contributed by atoms with Gasteiger partial charge in [-0.15, -0.1) is 0 Å². The van der Waals surface area contributed by atoms with E-state index in [2.05, 4.69) is 49.3 Å². The summed E-state index contributed by atoms with van der Waals surface area (Å²) in [5.74, 6) is 2.17. The minimum atomic E-state index is 0.102. The van der Waals surface area contributed by atoms with Gasteiger partial charge in [-0.25, -0.2) is 15.0 Å². The number of pyridine rings is 2. The molecule has 2 N–H and O–H groups in total. The summed E-state index contributed by atoms with van der Waals surface area (Å²) in [5, 5.41) is 6.46. The van der Waals surface area contributed by atoms with Crippen LogP contribution in [0.3, 0.4) is 0 Å². The van der Waals surface area contributed by atoms with Crippen molar-refractivity contribution in [1.82, 2.24) is 24.9 Å². The monoisotopic (exact) mass is 458 g/mol. The van der Waals surface area contributed by atoms with Crippen LogP contribution in [0.2, 0.25) is 0 Å². The summed E-state index contributed by atoms with van der Waals surface area (Å²) in [6, 6.07) is 22.1. The highest BCUT2D eigenvalue weighted by atomic mass is 16.5. The van der Waals surface area contributed by atoms with Gasteiger partial charge < -0.3 is 15.0 Å². The molecule has 35 heavy (non-hydrogen) atoms. The molecule has 0 amide bonds. The number of nitrogens with one attached hydrogen (secondary N) is 2. The Morgan fingerprint density at radius 2 is 1.80 bits per heavy atom. The summed E-state index contributed by atoms with van der Waals surface area (Å²) < 4.78 is 6.33. The molecule has 170 valence electrons. The number of aromatic nitrogens is 5. The van der Waals surface area contributed by atoms with Crippen LogP contribution in [0.5, 0.6) is 11.5 Å². The minimum Gasteiger partial charge on any atom is -0.456 e. The lowest BCUT2D eigenvalue weighted by Crippen LogP contribution is -2.08. The van der Waals surface area contributed by atoms with Gasteiger partial charge in [0.15, 0.2) is 0 Å². The van der Waals surface area contributed by atoms with Crippen molar-refractivity contribution in [1.29, 1.82) is 0 Å². The SMILES string of the molecule is C[C@H](Nc1cc(-c2c[nH]c3nccc(Oc4ccc5ccncc5c4)c23)ncn1)c1ccccc1. The van der Waals surface area contributed by atoms with Crippen molar-refractivity contribution in [2.45, 2.75) is 13.0 Å². The fraction of sp³-hybridized carbons (Fsp3) is 0.0714. The van der Waals surface area contributed by atoms with Crippen LogP contribution in [0, 0.1) is 0 Å². The third-order valence-electron chi connectivity index (χ3n) is 5.98. The van der Waals surface area contributed by atoms with Crippen molar-refractivity contribution in [3.05, 3.63) is 103 Å². The van der Waals surface area contributed by atoms with E-state index in [0.29, 0.717) is 5.75 Å². The topological polar surface area (TPSA) is 88.6 Å². The van der Waals surface area contributed by atoms with Crippen LogP contribution in [0.4, 0.5) is 5.82 Å². The van der Waals surface area contributed by atoms with Gasteiger partial charge in [-0.2, -0.15) is 0 Å². The average Bonchev–Trinajstić information content (AvgIpc) is 3.35. The lowest BCUT2D eigenvalue weighted by molar-refractivity contribution is 0.489. The summed E-state index contributed by atoms with van der Waals surface area (Å²) in [4.78, 5) is 20.9. The predicted octanol–water partition coefficient (Wildman–Crippen LogP) is 6.53. The molecule has 0 bridgehead atoms. The van der Waals surface area contributed by atoms with Gasteiger partial charge in [-0.3, -0.25) is 4.98 Å². The molecule has 0 spiro atoms. The van der Waals surface area contributed by atoms with E-state index >= 15 is 0 Å². The third kappa shape index (κ3) is 4.15. The van der Waals surface area contributed by atoms with Gasteiger partial charge in [0.2, 0.25) is 0 Å². The van der Waals surface area contributed by atoms with E-state index in [1.165, 1.54) is 5.56 Å². The zero-order chi connectivity index (χ0) is 23.6. The fourth-order valence-corrected chi connectivity index (χ4v) is 4.20. The van der Waals surface area contributed by atoms with E-state index in [1.54, 1.807) is 18.7 Å². The van der Waals surface area contributed by atoms with Crippen LogP contribution in [-0.4, -0.2) is 24.9 Å². The Balaban J connectivity index is 1.34. The molecule has 0 fully saturated rings. The van der Waals surface area contributed by atoms with Crippen molar-refractivity contribution in [3.8, 4) is 22.8 Å². The number of anilines is 1. The Morgan fingerprint density at radius 3 is 2.71 bits per heavy atom. The molecule has 1 atom stereocenters. The van der Waals surface area contributed by atoms with Gasteiger partial charge in [0.25, 0.3) is 0 Å². The normalized spacial score (nSPS) is 12.0. The summed E-state index contributed by atoms with van der Waals surface area (Å²) >= 11 is 0. The van der Waals surface area contributed by atoms with E-state index in [9.17, 15) is 0 Å². The van der Waals surface area contributed by atoms with Gasteiger partial charge in [0, 0.05) is 47.8 Å². The molecule has 6 aromatic rings. The Labute approximate surface area is 201 Å². The zero-order valence-corrected chi connectivity index (χ0v) is 19.0. The van der Waals surface area contributed by atoms with Crippen LogP contribution in [-0.2, 0) is 0 Å². The zero-order valence-electron chi connectivity index (χ0n) is 19.0. The Hall–Kier alpha value is -4.78. The maximum absolute atomic E-state index is 6.33. The summed E-state index contributed by atoms with van der Waals surface area (Å²) in [7, 11) is 0. The molecule has 0 saturated heterocycles. The molecule has 7 heteroatoms. The highest BCUT2D eigenvalue weighted by Gasteiger charge is 2.16. The van der Waals surface area contributed by atoms with Gasteiger partial charge in [0.05, 0.1) is 11.1 Å². The van der Waals surface area contributed by atoms with Gasteiger partial charge >= 0.3 is 0 Å². The summed E-state index contributed by atoms with van der Waals surface area (Å²) in [6.07, 6.45) is 8.82. The second kappa shape index (κ2) is 8.87. The van der Waals surface area contributed by atoms with Crippen LogP contribution in [0.25, 0.3) is 33.1 Å². The largest absolute Gasteiger partial charge is 0.456 e. The van der Waals surface area contributed by atoms with Crippen molar-refractivity contribution < 1.29 is 4.74 Å². The molecular weight excluding hydrogens is 436 g/mol. The lowest BCUT2D eigenvalue weighted by atomic mass is 10.1. The van der Waals surface area contributed by atoms with E-state index in [-0.39, 0.29) is 6.04 Å². The maximum Gasteiger partial charge on any atom is 0.141 e. The molecule has 0 saturated carbocycles. The van der Waals surface area contributed by atoms with E-state index < -0.39 is 0 Å². The summed E-state index contributed by atoms with van der Waals surface area (Å²) in [5.41, 5.74) is 3.58. The van der Waals surface area contributed by atoms with E-state index in [1.807, 2.05) is 67.0 Å². The molecule has 7 nitrogen and oxygen atoms in total. The Morgan fingerprint density at radius 1 is 0.886 bits per heavy atom. The number of rotatable bonds is 6. The molecule has 0 aliphatic carbocycles. The number of ether oxygens (including phenoxy) is 1. The maximum atomic E-state index is 6.33. The number of hydrogen-bond donors (Lipinski definition) is 2. The van der Waals surface area contributed by atoms with Crippen LogP contribution >= 0.6 is 0 Å². The second-order valence-electron chi connectivity index (χ2n) is 8.29. The molecule has 6 rings (SSSR count). The van der Waals surface area contributed by atoms with Crippen molar-refractivity contribution in [2.24, 2.45) is 0 Å². The van der Waals surface area contributed by atoms with Crippen LogP contribution < -0.4 is 10.1 Å². The minimum absolute atomic E-state index is 0.102. The highest BCUT2D eigenvalue weighted by Crippen LogP contribution is 2.37. The number of H-pyrrole nitrogens is 1. The molecular formula is C28H22N6O. The third-order valence-corrected chi connectivity index (χ3v) is 5.98. The van der Waals surface area contributed by atoms with E-state index in [4.69, 9.17) is 4.74 Å². The van der Waals surface area contributed by atoms with Crippen LogP contribution in [0.15, 0.2) is 97.8 Å². The van der Waals surface area contributed by atoms with Crippen molar-refractivity contribution in [2.75, 3.05) is 5.32 Å². The summed E-state index contributed by atoms with van der Waals surface area (Å²) in [6.45, 7) is 2.11. The first-order valence-electron chi connectivity index (χ1n) is 11.4. The Kier molecular flexibility index (Phi) is 5.27. The first-order chi connectivity index (χ1) is 17.2. The number of aromatic amines is 1. The smallest absolute Gasteiger partial charge is 0.141 e. The second-order valence-corrected chi connectivity index (χ2v) is 8.29. The molecule has 2 aromatic carbocycles. The molecule has 4 aromatic heterocycles. The Bertz CT molecular complexity index is 1630. The molecule has 0 radical (unpaired) electrons. The average molecular weight is 459 g/mol. The van der Waals surface area contributed by atoms with Crippen molar-refractivity contribution >= 4 is 27.6 Å². The molecule has 4 heterocycles. The first-order valence-corrected chi connectivity index (χ1v) is 11.4. The predicted molar refractivity (Wildman–Crippen MR) is 137 cm³/mol. The fourth-order valence-electron chi connectivity index (χ4n) is 4.20. The lowest BCUT2D eigenvalue weighted by Gasteiger charge is -2.15. The highest BCUT2D eigenvalue weighted by molar-refractivity contribution is 5.97. The van der Waals surface area contributed by atoms with Crippen LogP contribution in [0.1, 0.15) is 18.5 Å². The molecule has 0 aliphatic heterocycles. The van der Waals surface area contributed by atoms with Gasteiger partial charge in [-0.05, 0) is 42.1 Å². The first kappa shape index (κ1) is 20.8.